The number of ether oxygens (including phenoxy) is 2. The van der Waals surface area contributed by atoms with Gasteiger partial charge in [0.25, 0.3) is 0 Å². The molecule has 0 fully saturated rings. The van der Waals surface area contributed by atoms with Crippen LogP contribution in [0.4, 0.5) is 0 Å². The fourth-order valence-corrected chi connectivity index (χ4v) is 1.43. The van der Waals surface area contributed by atoms with Gasteiger partial charge in [0, 0.05) is 7.11 Å². The van der Waals surface area contributed by atoms with E-state index in [1.807, 2.05) is 12.1 Å². The summed E-state index contributed by atoms with van der Waals surface area (Å²) in [4.78, 5) is 0. The first-order chi connectivity index (χ1) is 5.35. The van der Waals surface area contributed by atoms with Crippen molar-refractivity contribution in [1.29, 1.82) is 0 Å². The Morgan fingerprint density at radius 2 is 1.73 bits per heavy atom. The minimum atomic E-state index is 0.203. The van der Waals surface area contributed by atoms with E-state index in [4.69, 9.17) is 9.47 Å². The molecule has 2 aliphatic carbocycles. The summed E-state index contributed by atoms with van der Waals surface area (Å²) >= 11 is 0. The van der Waals surface area contributed by atoms with Crippen LogP contribution in [0.5, 0.6) is 5.75 Å². The second kappa shape index (κ2) is 2.24. The van der Waals surface area contributed by atoms with E-state index >= 15 is 0 Å². The van der Waals surface area contributed by atoms with Crippen LogP contribution in [-0.2, 0) is 4.74 Å². The molecule has 0 saturated heterocycles. The highest BCUT2D eigenvalue weighted by molar-refractivity contribution is 5.48. The summed E-state index contributed by atoms with van der Waals surface area (Å²) in [6.45, 7) is 0. The Morgan fingerprint density at radius 3 is 2.18 bits per heavy atom. The summed E-state index contributed by atoms with van der Waals surface area (Å²) in [6.07, 6.45) is 0.203. The van der Waals surface area contributed by atoms with E-state index in [2.05, 4.69) is 6.07 Å². The standard InChI is InChI=1S/C9H10O2/c1-10-8-4-6-3-7(5-8)9(6)11-2/h3-5,9H,1-2H3. The molecule has 1 aromatic carbocycles. The fraction of sp³-hybridized carbons (Fsp3) is 0.333. The highest BCUT2D eigenvalue weighted by Gasteiger charge is 2.24. The van der Waals surface area contributed by atoms with Gasteiger partial charge >= 0.3 is 0 Å². The van der Waals surface area contributed by atoms with Crippen LogP contribution in [-0.4, -0.2) is 14.2 Å². The van der Waals surface area contributed by atoms with Crippen molar-refractivity contribution < 1.29 is 9.47 Å². The molecule has 0 saturated carbocycles. The van der Waals surface area contributed by atoms with Gasteiger partial charge in [0.2, 0.25) is 0 Å². The van der Waals surface area contributed by atoms with Gasteiger partial charge in [0.15, 0.2) is 0 Å². The Kier molecular flexibility index (Phi) is 1.36. The van der Waals surface area contributed by atoms with E-state index < -0.39 is 0 Å². The second-order valence-corrected chi connectivity index (χ2v) is 2.66. The van der Waals surface area contributed by atoms with Gasteiger partial charge in [-0.25, -0.2) is 0 Å². The van der Waals surface area contributed by atoms with Crippen LogP contribution in [0.1, 0.15) is 17.2 Å². The third-order valence-corrected chi connectivity index (χ3v) is 2.03. The van der Waals surface area contributed by atoms with Crippen molar-refractivity contribution in [2.75, 3.05) is 14.2 Å². The van der Waals surface area contributed by atoms with Gasteiger partial charge in [-0.05, 0) is 29.3 Å². The van der Waals surface area contributed by atoms with Crippen LogP contribution in [0.15, 0.2) is 18.2 Å². The lowest BCUT2D eigenvalue weighted by atomic mass is 9.89. The van der Waals surface area contributed by atoms with Crippen LogP contribution >= 0.6 is 0 Å². The van der Waals surface area contributed by atoms with Gasteiger partial charge in [-0.3, -0.25) is 0 Å². The van der Waals surface area contributed by atoms with Gasteiger partial charge in [0.05, 0.1) is 7.11 Å². The van der Waals surface area contributed by atoms with Gasteiger partial charge < -0.3 is 9.47 Å². The average Bonchev–Trinajstić information content (AvgIpc) is 2.05. The molecular weight excluding hydrogens is 140 g/mol. The van der Waals surface area contributed by atoms with Crippen LogP contribution < -0.4 is 4.74 Å². The largest absolute Gasteiger partial charge is 0.497 e. The molecule has 0 aromatic heterocycles. The van der Waals surface area contributed by atoms with Gasteiger partial charge in [-0.2, -0.15) is 0 Å². The molecule has 2 nitrogen and oxygen atoms in total. The minimum absolute atomic E-state index is 0.203. The smallest absolute Gasteiger partial charge is 0.119 e. The molecule has 0 spiro atoms. The van der Waals surface area contributed by atoms with Crippen molar-refractivity contribution >= 4 is 0 Å². The monoisotopic (exact) mass is 150 g/mol. The van der Waals surface area contributed by atoms with E-state index in [9.17, 15) is 0 Å². The number of fused-ring (bicyclic) bond motifs is 2. The lowest BCUT2D eigenvalue weighted by molar-refractivity contribution is 0.125. The summed E-state index contributed by atoms with van der Waals surface area (Å²) in [5.41, 5.74) is 2.42. The first-order valence-corrected chi connectivity index (χ1v) is 3.57. The lowest BCUT2D eigenvalue weighted by Gasteiger charge is -2.26. The van der Waals surface area contributed by atoms with E-state index in [0.29, 0.717) is 0 Å². The van der Waals surface area contributed by atoms with Gasteiger partial charge in [-0.15, -0.1) is 0 Å². The van der Waals surface area contributed by atoms with Crippen LogP contribution in [0.25, 0.3) is 0 Å². The first-order valence-electron chi connectivity index (χ1n) is 3.57. The van der Waals surface area contributed by atoms with Crippen molar-refractivity contribution in [3.8, 4) is 5.75 Å². The van der Waals surface area contributed by atoms with Crippen molar-refractivity contribution in [2.24, 2.45) is 0 Å². The average molecular weight is 150 g/mol. The Labute approximate surface area is 65.7 Å². The van der Waals surface area contributed by atoms with Gasteiger partial charge in [0.1, 0.15) is 11.9 Å². The van der Waals surface area contributed by atoms with Crippen LogP contribution in [0.3, 0.4) is 0 Å². The SMILES string of the molecule is COc1cc2cc(c1)C2OC. The zero-order valence-electron chi connectivity index (χ0n) is 6.63. The first kappa shape index (κ1) is 6.68. The summed E-state index contributed by atoms with van der Waals surface area (Å²) in [7, 11) is 3.40. The van der Waals surface area contributed by atoms with Crippen molar-refractivity contribution in [2.45, 2.75) is 6.10 Å². The molecule has 0 amide bonds. The molecule has 0 atom stereocenters. The normalized spacial score (nSPS) is 14.4. The molecule has 0 aliphatic heterocycles. The number of hydrogen-bond donors (Lipinski definition) is 0. The third kappa shape index (κ3) is 0.828. The zero-order valence-corrected chi connectivity index (χ0v) is 6.63. The molecule has 2 heteroatoms. The number of rotatable bonds is 2. The molecular formula is C9H10O2. The van der Waals surface area contributed by atoms with E-state index in [1.165, 1.54) is 11.1 Å². The Bertz CT molecular complexity index is 259. The molecule has 2 aliphatic rings. The van der Waals surface area contributed by atoms with Crippen molar-refractivity contribution in [3.63, 3.8) is 0 Å². The number of methoxy groups -OCH3 is 2. The topological polar surface area (TPSA) is 18.5 Å². The van der Waals surface area contributed by atoms with E-state index in [-0.39, 0.29) is 6.10 Å². The molecule has 0 radical (unpaired) electrons. The minimum Gasteiger partial charge on any atom is -0.497 e. The second-order valence-electron chi connectivity index (χ2n) is 2.66. The maximum absolute atomic E-state index is 5.21. The lowest BCUT2D eigenvalue weighted by Crippen LogP contribution is -2.13. The Balaban J connectivity index is 2.33. The molecule has 0 heterocycles. The van der Waals surface area contributed by atoms with Crippen molar-refractivity contribution in [3.05, 3.63) is 29.3 Å². The Hall–Kier alpha value is -1.02. The van der Waals surface area contributed by atoms with Gasteiger partial charge in [-0.1, -0.05) is 0 Å². The van der Waals surface area contributed by atoms with Crippen molar-refractivity contribution in [1.82, 2.24) is 0 Å². The fourth-order valence-electron chi connectivity index (χ4n) is 1.43. The van der Waals surface area contributed by atoms with Crippen LogP contribution in [0, 0.1) is 0 Å². The van der Waals surface area contributed by atoms with E-state index in [0.717, 1.165) is 5.75 Å². The Morgan fingerprint density at radius 1 is 1.09 bits per heavy atom. The summed E-state index contributed by atoms with van der Waals surface area (Å²) in [5.74, 6) is 0.922. The summed E-state index contributed by atoms with van der Waals surface area (Å²) in [5, 5.41) is 0. The third-order valence-electron chi connectivity index (χ3n) is 2.03. The zero-order chi connectivity index (χ0) is 7.84. The van der Waals surface area contributed by atoms with E-state index in [1.54, 1.807) is 14.2 Å². The molecule has 58 valence electrons. The predicted molar refractivity (Wildman–Crippen MR) is 41.8 cm³/mol. The summed E-state index contributed by atoms with van der Waals surface area (Å²) in [6, 6.07) is 6.11. The molecule has 3 rings (SSSR count). The predicted octanol–water partition coefficient (Wildman–Crippen LogP) is 1.74. The number of hydrogen-bond acceptors (Lipinski definition) is 2. The van der Waals surface area contributed by atoms with Crippen LogP contribution in [0.2, 0.25) is 0 Å². The molecule has 11 heavy (non-hydrogen) atoms. The maximum atomic E-state index is 5.21. The molecule has 0 N–H and O–H groups in total. The summed E-state index contributed by atoms with van der Waals surface area (Å²) < 4.78 is 10.3. The highest BCUT2D eigenvalue weighted by Crippen LogP contribution is 2.39. The quantitative estimate of drug-likeness (QED) is 0.639. The highest BCUT2D eigenvalue weighted by atomic mass is 16.5. The maximum Gasteiger partial charge on any atom is 0.119 e. The molecule has 1 aromatic rings. The molecule has 2 bridgehead atoms. The number of benzene rings is 1. The molecule has 0 unspecified atom stereocenters.